The van der Waals surface area contributed by atoms with Crippen LogP contribution in [0.1, 0.15) is 38.3 Å². The van der Waals surface area contributed by atoms with Crippen molar-refractivity contribution in [1.29, 1.82) is 0 Å². The monoisotopic (exact) mass is 409 g/mol. The molecule has 4 nitrogen and oxygen atoms in total. The number of carbonyl (C=O) groups is 1. The number of thioether (sulfide) groups is 1. The molecule has 2 aromatic rings. The van der Waals surface area contributed by atoms with Crippen LogP contribution in [0.25, 0.3) is 11.3 Å². The fourth-order valence-electron chi connectivity index (χ4n) is 3.14. The molecule has 0 saturated carbocycles. The maximum Gasteiger partial charge on any atom is 0.433 e. The molecule has 1 atom stereocenters. The van der Waals surface area contributed by atoms with Gasteiger partial charge in [-0.1, -0.05) is 54.9 Å². The van der Waals surface area contributed by atoms with Crippen LogP contribution in [-0.2, 0) is 11.0 Å². The van der Waals surface area contributed by atoms with Gasteiger partial charge in [0.2, 0.25) is 5.91 Å². The minimum Gasteiger partial charge on any atom is -0.342 e. The van der Waals surface area contributed by atoms with E-state index in [0.29, 0.717) is 18.7 Å². The van der Waals surface area contributed by atoms with E-state index in [9.17, 15) is 18.0 Å². The van der Waals surface area contributed by atoms with Crippen molar-refractivity contribution in [1.82, 2.24) is 14.9 Å². The van der Waals surface area contributed by atoms with Gasteiger partial charge in [0.25, 0.3) is 0 Å². The standard InChI is InChI=1S/C20H22F3N3OS/c1-14(18(27)26-11-7-2-3-8-12-26)28-19-24-16(15-9-5-4-6-10-15)13-17(25-19)20(21,22)23/h4-6,9-10,13-14H,2-3,7-8,11-12H2,1H3/t14-/m0/s1. The van der Waals surface area contributed by atoms with Gasteiger partial charge in [0.1, 0.15) is 5.69 Å². The second-order valence-corrected chi connectivity index (χ2v) is 8.09. The Kier molecular flexibility index (Phi) is 6.59. The predicted molar refractivity (Wildman–Crippen MR) is 103 cm³/mol. The Balaban J connectivity index is 1.85. The van der Waals surface area contributed by atoms with E-state index in [4.69, 9.17) is 0 Å². The largest absolute Gasteiger partial charge is 0.433 e. The number of halogens is 3. The number of hydrogen-bond acceptors (Lipinski definition) is 4. The topological polar surface area (TPSA) is 46.1 Å². The third kappa shape index (κ3) is 5.25. The molecule has 0 unspecified atom stereocenters. The molecule has 0 bridgehead atoms. The van der Waals surface area contributed by atoms with Crippen LogP contribution in [0.2, 0.25) is 0 Å². The number of alkyl halides is 3. The summed E-state index contributed by atoms with van der Waals surface area (Å²) in [7, 11) is 0. The molecule has 0 radical (unpaired) electrons. The molecular weight excluding hydrogens is 387 g/mol. The molecule has 0 spiro atoms. The molecule has 28 heavy (non-hydrogen) atoms. The van der Waals surface area contributed by atoms with Gasteiger partial charge in [-0.05, 0) is 25.8 Å². The molecule has 1 aromatic carbocycles. The fourth-order valence-corrected chi connectivity index (χ4v) is 4.00. The van der Waals surface area contributed by atoms with Crippen molar-refractivity contribution in [3.63, 3.8) is 0 Å². The minimum atomic E-state index is -4.58. The molecule has 8 heteroatoms. The van der Waals surface area contributed by atoms with E-state index in [-0.39, 0.29) is 16.8 Å². The first-order valence-electron chi connectivity index (χ1n) is 9.32. The molecule has 1 aliphatic heterocycles. The van der Waals surface area contributed by atoms with Crippen molar-refractivity contribution in [3.8, 4) is 11.3 Å². The highest BCUT2D eigenvalue weighted by Gasteiger charge is 2.34. The molecule has 150 valence electrons. The van der Waals surface area contributed by atoms with Crippen molar-refractivity contribution in [2.45, 2.75) is 49.2 Å². The van der Waals surface area contributed by atoms with Crippen molar-refractivity contribution >= 4 is 17.7 Å². The van der Waals surface area contributed by atoms with Gasteiger partial charge in [0.15, 0.2) is 5.16 Å². The second-order valence-electron chi connectivity index (χ2n) is 6.78. The van der Waals surface area contributed by atoms with Gasteiger partial charge in [0.05, 0.1) is 10.9 Å². The first-order chi connectivity index (χ1) is 13.3. The van der Waals surface area contributed by atoms with E-state index in [2.05, 4.69) is 9.97 Å². The number of aromatic nitrogens is 2. The van der Waals surface area contributed by atoms with Crippen LogP contribution in [0.3, 0.4) is 0 Å². The van der Waals surface area contributed by atoms with E-state index in [0.717, 1.165) is 43.5 Å². The Morgan fingerprint density at radius 3 is 2.32 bits per heavy atom. The lowest BCUT2D eigenvalue weighted by Gasteiger charge is -2.23. The summed E-state index contributed by atoms with van der Waals surface area (Å²) >= 11 is 0.978. The zero-order valence-electron chi connectivity index (χ0n) is 15.6. The maximum absolute atomic E-state index is 13.3. The highest BCUT2D eigenvalue weighted by molar-refractivity contribution is 8.00. The Bertz CT molecular complexity index is 806. The van der Waals surface area contributed by atoms with Crippen LogP contribution in [-0.4, -0.2) is 39.1 Å². The van der Waals surface area contributed by atoms with E-state index < -0.39 is 17.1 Å². The zero-order chi connectivity index (χ0) is 20.1. The lowest BCUT2D eigenvalue weighted by molar-refractivity contribution is -0.141. The zero-order valence-corrected chi connectivity index (χ0v) is 16.4. The van der Waals surface area contributed by atoms with Gasteiger partial charge in [-0.25, -0.2) is 9.97 Å². The lowest BCUT2D eigenvalue weighted by Crippen LogP contribution is -2.37. The molecule has 1 fully saturated rings. The highest BCUT2D eigenvalue weighted by atomic mass is 32.2. The highest BCUT2D eigenvalue weighted by Crippen LogP contribution is 2.33. The summed E-state index contributed by atoms with van der Waals surface area (Å²) in [4.78, 5) is 22.5. The average Bonchev–Trinajstić information content (AvgIpc) is 2.96. The fraction of sp³-hybridized carbons (Fsp3) is 0.450. The average molecular weight is 409 g/mol. The summed E-state index contributed by atoms with van der Waals surface area (Å²) < 4.78 is 40.0. The Morgan fingerprint density at radius 2 is 1.71 bits per heavy atom. The third-order valence-electron chi connectivity index (χ3n) is 4.61. The van der Waals surface area contributed by atoms with Crippen LogP contribution in [0.5, 0.6) is 0 Å². The maximum atomic E-state index is 13.3. The summed E-state index contributed by atoms with van der Waals surface area (Å²) in [5, 5.41) is -0.588. The van der Waals surface area contributed by atoms with E-state index in [1.807, 2.05) is 0 Å². The number of likely N-dealkylation sites (tertiary alicyclic amines) is 1. The molecule has 1 saturated heterocycles. The Labute approximate surface area is 166 Å². The van der Waals surface area contributed by atoms with Crippen molar-refractivity contribution in [2.75, 3.05) is 13.1 Å². The molecule has 0 aliphatic carbocycles. The number of nitrogens with zero attached hydrogens (tertiary/aromatic N) is 3. The van der Waals surface area contributed by atoms with Crippen molar-refractivity contribution in [3.05, 3.63) is 42.1 Å². The summed E-state index contributed by atoms with van der Waals surface area (Å²) in [6.45, 7) is 3.09. The molecule has 2 heterocycles. The van der Waals surface area contributed by atoms with Gasteiger partial charge in [0, 0.05) is 18.7 Å². The SMILES string of the molecule is C[C@H](Sc1nc(-c2ccccc2)cc(C(F)(F)F)n1)C(=O)N1CCCCCC1. The van der Waals surface area contributed by atoms with Crippen molar-refractivity contribution < 1.29 is 18.0 Å². The summed E-state index contributed by atoms with van der Waals surface area (Å²) in [5.41, 5.74) is -0.234. The van der Waals surface area contributed by atoms with E-state index in [1.54, 1.807) is 42.2 Å². The molecule has 1 aliphatic rings. The summed E-state index contributed by atoms with van der Waals surface area (Å²) in [6.07, 6.45) is -0.465. The summed E-state index contributed by atoms with van der Waals surface area (Å²) in [6, 6.07) is 9.60. The van der Waals surface area contributed by atoms with Gasteiger partial charge in [-0.15, -0.1) is 0 Å². The molecule has 3 rings (SSSR count). The van der Waals surface area contributed by atoms with E-state index >= 15 is 0 Å². The van der Waals surface area contributed by atoms with Gasteiger partial charge < -0.3 is 4.90 Å². The second kappa shape index (κ2) is 8.94. The molecule has 1 amide bonds. The summed E-state index contributed by atoms with van der Waals surface area (Å²) in [5.74, 6) is -0.0748. The quantitative estimate of drug-likeness (QED) is 0.524. The number of benzene rings is 1. The third-order valence-corrected chi connectivity index (χ3v) is 5.56. The molecule has 1 aromatic heterocycles. The van der Waals surface area contributed by atoms with E-state index in [1.165, 1.54) is 0 Å². The van der Waals surface area contributed by atoms with Crippen LogP contribution in [0, 0.1) is 0 Å². The smallest absolute Gasteiger partial charge is 0.342 e. The predicted octanol–water partition coefficient (Wildman–Crippen LogP) is 5.05. The van der Waals surface area contributed by atoms with Crippen LogP contribution < -0.4 is 0 Å². The first kappa shape index (κ1) is 20.6. The molecule has 0 N–H and O–H groups in total. The van der Waals surface area contributed by atoms with Gasteiger partial charge in [-0.2, -0.15) is 13.2 Å². The van der Waals surface area contributed by atoms with Crippen LogP contribution >= 0.6 is 11.8 Å². The number of carbonyl (C=O) groups excluding carboxylic acids is 1. The normalized spacial score (nSPS) is 16.5. The Hall–Kier alpha value is -2.09. The number of hydrogen-bond donors (Lipinski definition) is 0. The lowest BCUT2D eigenvalue weighted by atomic mass is 10.1. The van der Waals surface area contributed by atoms with Crippen molar-refractivity contribution in [2.24, 2.45) is 0 Å². The number of rotatable bonds is 4. The van der Waals surface area contributed by atoms with Gasteiger partial charge in [-0.3, -0.25) is 4.79 Å². The van der Waals surface area contributed by atoms with Crippen LogP contribution in [0.4, 0.5) is 13.2 Å². The van der Waals surface area contributed by atoms with Gasteiger partial charge >= 0.3 is 6.18 Å². The Morgan fingerprint density at radius 1 is 1.07 bits per heavy atom. The van der Waals surface area contributed by atoms with Crippen LogP contribution in [0.15, 0.2) is 41.6 Å². The minimum absolute atomic E-state index is 0.0376. The molecular formula is C20H22F3N3OS. The number of amides is 1. The first-order valence-corrected chi connectivity index (χ1v) is 10.2.